The van der Waals surface area contributed by atoms with Gasteiger partial charge in [0.25, 0.3) is 5.91 Å². The second kappa shape index (κ2) is 6.01. The summed E-state index contributed by atoms with van der Waals surface area (Å²) in [4.78, 5) is 29.2. The smallest absolute Gasteiger partial charge is 0.329 e. The first kappa shape index (κ1) is 13.8. The molecule has 3 amide bonds. The summed E-state index contributed by atoms with van der Waals surface area (Å²) >= 11 is 0. The van der Waals surface area contributed by atoms with Crippen LogP contribution in [0.25, 0.3) is 0 Å². The van der Waals surface area contributed by atoms with Crippen LogP contribution in [0.1, 0.15) is 12.5 Å². The molecule has 1 aliphatic heterocycles. The minimum atomic E-state index is -0.401. The molecule has 1 aliphatic rings. The minimum absolute atomic E-state index is 0.0382. The number of benzene rings is 1. The highest BCUT2D eigenvalue weighted by atomic mass is 16.6. The number of imide groups is 1. The molecule has 1 fully saturated rings. The van der Waals surface area contributed by atoms with Crippen molar-refractivity contribution in [1.29, 1.82) is 0 Å². The number of amides is 3. The van der Waals surface area contributed by atoms with Gasteiger partial charge in [-0.25, -0.2) is 9.69 Å². The third-order valence-electron chi connectivity index (χ3n) is 2.78. The first-order valence-electron chi connectivity index (χ1n) is 6.12. The Labute approximate surface area is 116 Å². The summed E-state index contributed by atoms with van der Waals surface area (Å²) in [7, 11) is 0. The molecule has 0 aromatic heterocycles. The van der Waals surface area contributed by atoms with Gasteiger partial charge < -0.3 is 10.2 Å². The third-order valence-corrected chi connectivity index (χ3v) is 2.78. The van der Waals surface area contributed by atoms with Crippen molar-refractivity contribution < 1.29 is 14.4 Å². The molecule has 1 saturated heterocycles. The van der Waals surface area contributed by atoms with E-state index >= 15 is 0 Å². The van der Waals surface area contributed by atoms with E-state index in [1.807, 2.05) is 6.92 Å². The van der Waals surface area contributed by atoms with Gasteiger partial charge in [0, 0.05) is 0 Å². The molecular weight excluding hydrogens is 258 g/mol. The molecule has 6 nitrogen and oxygen atoms in total. The predicted octanol–water partition coefficient (Wildman–Crippen LogP) is 1.67. The number of carbonyl (C=O) groups excluding carboxylic acids is 2. The Hall–Kier alpha value is -2.63. The molecule has 0 unspecified atom stereocenters. The van der Waals surface area contributed by atoms with E-state index in [0.29, 0.717) is 18.0 Å². The summed E-state index contributed by atoms with van der Waals surface area (Å²) in [5.41, 5.74) is 2.09. The standard InChI is InChI=1S/C14H15N3O3/c1-3-8-20-16-10(2)11-4-6-12(7-5-11)17-13(18)9-15-14(17)19/h3-7H,1,8-9H2,2H3,(H,15,19). The van der Waals surface area contributed by atoms with Crippen LogP contribution in [0.2, 0.25) is 0 Å². The fraction of sp³-hybridized carbons (Fsp3) is 0.214. The van der Waals surface area contributed by atoms with Gasteiger partial charge in [-0.15, -0.1) is 0 Å². The topological polar surface area (TPSA) is 71.0 Å². The van der Waals surface area contributed by atoms with E-state index in [9.17, 15) is 9.59 Å². The van der Waals surface area contributed by atoms with E-state index in [1.54, 1.807) is 30.3 Å². The maximum absolute atomic E-state index is 11.6. The monoisotopic (exact) mass is 273 g/mol. The number of carbonyl (C=O) groups is 2. The molecule has 0 bridgehead atoms. The van der Waals surface area contributed by atoms with E-state index < -0.39 is 6.03 Å². The van der Waals surface area contributed by atoms with Gasteiger partial charge in [-0.2, -0.15) is 0 Å². The Morgan fingerprint density at radius 2 is 2.15 bits per heavy atom. The van der Waals surface area contributed by atoms with Gasteiger partial charge in [0.1, 0.15) is 6.61 Å². The largest absolute Gasteiger partial charge is 0.391 e. The van der Waals surface area contributed by atoms with Crippen molar-refractivity contribution in [3.8, 4) is 0 Å². The van der Waals surface area contributed by atoms with E-state index in [2.05, 4.69) is 17.1 Å². The Balaban J connectivity index is 2.14. The number of urea groups is 1. The second-order valence-corrected chi connectivity index (χ2v) is 4.20. The molecular formula is C14H15N3O3. The molecule has 0 aliphatic carbocycles. The predicted molar refractivity (Wildman–Crippen MR) is 75.7 cm³/mol. The Morgan fingerprint density at radius 1 is 1.45 bits per heavy atom. The van der Waals surface area contributed by atoms with Crippen molar-refractivity contribution in [3.63, 3.8) is 0 Å². The highest BCUT2D eigenvalue weighted by molar-refractivity contribution is 6.19. The van der Waals surface area contributed by atoms with Crippen molar-refractivity contribution in [3.05, 3.63) is 42.5 Å². The number of anilines is 1. The van der Waals surface area contributed by atoms with E-state index in [-0.39, 0.29) is 12.5 Å². The average Bonchev–Trinajstić information content (AvgIpc) is 2.78. The third kappa shape index (κ3) is 2.85. The average molecular weight is 273 g/mol. The van der Waals surface area contributed by atoms with E-state index in [0.717, 1.165) is 10.5 Å². The number of nitrogens with zero attached hydrogens (tertiary/aromatic N) is 2. The molecule has 20 heavy (non-hydrogen) atoms. The van der Waals surface area contributed by atoms with Crippen molar-refractivity contribution >= 4 is 23.3 Å². The zero-order valence-electron chi connectivity index (χ0n) is 11.1. The SMILES string of the molecule is C=CCON=C(C)c1ccc(N2C(=O)CNC2=O)cc1. The van der Waals surface area contributed by atoms with Crippen molar-refractivity contribution in [2.75, 3.05) is 18.1 Å². The molecule has 6 heteroatoms. The van der Waals surface area contributed by atoms with Crippen LogP contribution >= 0.6 is 0 Å². The molecule has 1 heterocycles. The first-order valence-corrected chi connectivity index (χ1v) is 6.12. The molecule has 0 saturated carbocycles. The lowest BCUT2D eigenvalue weighted by molar-refractivity contribution is -0.115. The summed E-state index contributed by atoms with van der Waals surface area (Å²) in [6.07, 6.45) is 1.61. The highest BCUT2D eigenvalue weighted by Gasteiger charge is 2.29. The summed E-state index contributed by atoms with van der Waals surface area (Å²) < 4.78 is 0. The summed E-state index contributed by atoms with van der Waals surface area (Å²) in [6, 6.07) is 6.56. The molecule has 2 rings (SSSR count). The molecule has 0 spiro atoms. The van der Waals surface area contributed by atoms with Crippen molar-refractivity contribution in [2.24, 2.45) is 5.16 Å². The summed E-state index contributed by atoms with van der Waals surface area (Å²) in [6.45, 7) is 5.73. The maximum atomic E-state index is 11.6. The van der Waals surface area contributed by atoms with Crippen molar-refractivity contribution in [1.82, 2.24) is 5.32 Å². The highest BCUT2D eigenvalue weighted by Crippen LogP contribution is 2.18. The van der Waals surface area contributed by atoms with Crippen LogP contribution in [0.15, 0.2) is 42.1 Å². The number of rotatable bonds is 5. The fourth-order valence-electron chi connectivity index (χ4n) is 1.78. The van der Waals surface area contributed by atoms with Gasteiger partial charge in [0.15, 0.2) is 0 Å². The van der Waals surface area contributed by atoms with Gasteiger partial charge in [-0.3, -0.25) is 4.79 Å². The van der Waals surface area contributed by atoms with Gasteiger partial charge >= 0.3 is 6.03 Å². The molecule has 1 N–H and O–H groups in total. The maximum Gasteiger partial charge on any atom is 0.329 e. The van der Waals surface area contributed by atoms with Gasteiger partial charge in [0.05, 0.1) is 17.9 Å². The quantitative estimate of drug-likeness (QED) is 0.292. The van der Waals surface area contributed by atoms with E-state index in [1.165, 1.54) is 0 Å². The van der Waals surface area contributed by atoms with Crippen LogP contribution in [-0.4, -0.2) is 30.8 Å². The normalized spacial score (nSPS) is 15.2. The molecule has 0 atom stereocenters. The lowest BCUT2D eigenvalue weighted by Crippen LogP contribution is -2.30. The van der Waals surface area contributed by atoms with Crippen LogP contribution in [0.5, 0.6) is 0 Å². The van der Waals surface area contributed by atoms with Gasteiger partial charge in [-0.05, 0) is 24.6 Å². The van der Waals surface area contributed by atoms with Crippen LogP contribution in [-0.2, 0) is 9.63 Å². The molecule has 1 aromatic rings. The summed E-state index contributed by atoms with van der Waals surface area (Å²) in [5, 5.41) is 6.40. The van der Waals surface area contributed by atoms with Crippen LogP contribution in [0.4, 0.5) is 10.5 Å². The lowest BCUT2D eigenvalue weighted by atomic mass is 10.1. The van der Waals surface area contributed by atoms with Crippen molar-refractivity contribution in [2.45, 2.75) is 6.92 Å². The van der Waals surface area contributed by atoms with Crippen LogP contribution in [0, 0.1) is 0 Å². The van der Waals surface area contributed by atoms with Gasteiger partial charge in [0.2, 0.25) is 0 Å². The van der Waals surface area contributed by atoms with Crippen LogP contribution in [0.3, 0.4) is 0 Å². The van der Waals surface area contributed by atoms with Gasteiger partial charge in [-0.1, -0.05) is 29.9 Å². The summed E-state index contributed by atoms with van der Waals surface area (Å²) in [5.74, 6) is -0.262. The zero-order chi connectivity index (χ0) is 14.5. The molecule has 0 radical (unpaired) electrons. The Morgan fingerprint density at radius 3 is 2.70 bits per heavy atom. The van der Waals surface area contributed by atoms with Crippen LogP contribution < -0.4 is 10.2 Å². The Kier molecular flexibility index (Phi) is 4.14. The minimum Gasteiger partial charge on any atom is -0.391 e. The number of hydrogen-bond acceptors (Lipinski definition) is 4. The Bertz CT molecular complexity index is 548. The zero-order valence-corrected chi connectivity index (χ0v) is 11.1. The molecule has 104 valence electrons. The van der Waals surface area contributed by atoms with E-state index in [4.69, 9.17) is 4.84 Å². The lowest BCUT2D eigenvalue weighted by Gasteiger charge is -2.12. The molecule has 1 aromatic carbocycles. The second-order valence-electron chi connectivity index (χ2n) is 4.20. The number of oxime groups is 1. The fourth-order valence-corrected chi connectivity index (χ4v) is 1.78. The number of hydrogen-bond donors (Lipinski definition) is 1. The first-order chi connectivity index (χ1) is 9.63. The number of nitrogens with one attached hydrogen (secondary N) is 1.